The molecule has 3 aromatic rings. The van der Waals surface area contributed by atoms with Gasteiger partial charge in [-0.25, -0.2) is 4.39 Å². The van der Waals surface area contributed by atoms with Crippen molar-refractivity contribution in [2.45, 2.75) is 12.6 Å². The number of rotatable bonds is 8. The Labute approximate surface area is 187 Å². The van der Waals surface area contributed by atoms with Gasteiger partial charge in [-0.05, 0) is 49.0 Å². The lowest BCUT2D eigenvalue weighted by Crippen LogP contribution is -2.47. The summed E-state index contributed by atoms with van der Waals surface area (Å²) in [6, 6.07) is 19.0. The average Bonchev–Trinajstić information content (AvgIpc) is 3.29. The molecule has 2 aromatic carbocycles. The summed E-state index contributed by atoms with van der Waals surface area (Å²) >= 11 is 0. The second-order valence-corrected chi connectivity index (χ2v) is 8.05. The van der Waals surface area contributed by atoms with Gasteiger partial charge in [0, 0.05) is 32.7 Å². The Hall–Kier alpha value is -3.16. The van der Waals surface area contributed by atoms with E-state index in [1.165, 1.54) is 12.1 Å². The van der Waals surface area contributed by atoms with Gasteiger partial charge in [0.1, 0.15) is 23.9 Å². The number of piperazine rings is 1. The molecule has 2 heterocycles. The topological polar surface area (TPSA) is 58.0 Å². The molecule has 7 heteroatoms. The zero-order chi connectivity index (χ0) is 22.3. The highest BCUT2D eigenvalue weighted by Gasteiger charge is 2.23. The van der Waals surface area contributed by atoms with Crippen molar-refractivity contribution in [2.24, 2.45) is 0 Å². The van der Waals surface area contributed by atoms with Gasteiger partial charge in [-0.1, -0.05) is 30.3 Å². The maximum absolute atomic E-state index is 13.0. The molecule has 1 atom stereocenters. The number of nitrogens with one attached hydrogen (secondary N) is 1. The van der Waals surface area contributed by atoms with Crippen LogP contribution in [0.25, 0.3) is 0 Å². The molecule has 1 amide bonds. The minimum Gasteiger partial charge on any atom is -0.486 e. The third-order valence-electron chi connectivity index (χ3n) is 5.62. The van der Waals surface area contributed by atoms with Gasteiger partial charge < -0.3 is 19.4 Å². The molecule has 0 radical (unpaired) electrons. The summed E-state index contributed by atoms with van der Waals surface area (Å²) < 4.78 is 24.3. The Morgan fingerprint density at radius 3 is 2.47 bits per heavy atom. The standard InChI is InChI=1S/C25H28FN3O3/c1-28-13-15-29(16-14-28)17-23(19-5-3-2-4-6-19)27-25(30)24-12-11-22(32-24)18-31-21-9-7-20(26)8-10-21/h2-12,23H,13-18H2,1H3,(H,27,30). The summed E-state index contributed by atoms with van der Waals surface area (Å²) in [7, 11) is 2.13. The first-order valence-electron chi connectivity index (χ1n) is 10.8. The minimum absolute atomic E-state index is 0.142. The number of amides is 1. The number of hydrogen-bond acceptors (Lipinski definition) is 5. The summed E-state index contributed by atoms with van der Waals surface area (Å²) in [5, 5.41) is 3.13. The molecular weight excluding hydrogens is 409 g/mol. The molecule has 1 saturated heterocycles. The molecule has 0 saturated carbocycles. The Kier molecular flexibility index (Phi) is 7.19. The lowest BCUT2D eigenvalue weighted by Gasteiger charge is -2.34. The Morgan fingerprint density at radius 1 is 1.03 bits per heavy atom. The normalized spacial score (nSPS) is 15.9. The van der Waals surface area contributed by atoms with Crippen LogP contribution in [0.3, 0.4) is 0 Å². The first-order chi connectivity index (χ1) is 15.6. The number of furan rings is 1. The van der Waals surface area contributed by atoms with Crippen molar-refractivity contribution >= 4 is 5.91 Å². The first kappa shape index (κ1) is 22.0. The van der Waals surface area contributed by atoms with Gasteiger partial charge >= 0.3 is 0 Å². The Balaban J connectivity index is 1.38. The Bertz CT molecular complexity index is 999. The highest BCUT2D eigenvalue weighted by atomic mass is 19.1. The van der Waals surface area contributed by atoms with Crippen LogP contribution in [0.2, 0.25) is 0 Å². The van der Waals surface area contributed by atoms with E-state index >= 15 is 0 Å². The molecule has 1 aliphatic rings. The lowest BCUT2D eigenvalue weighted by molar-refractivity contribution is 0.0876. The number of likely N-dealkylation sites (N-methyl/N-ethyl adjacent to an activating group) is 1. The smallest absolute Gasteiger partial charge is 0.287 e. The van der Waals surface area contributed by atoms with Gasteiger partial charge in [-0.3, -0.25) is 9.69 Å². The quantitative estimate of drug-likeness (QED) is 0.582. The first-order valence-corrected chi connectivity index (χ1v) is 10.8. The molecule has 0 spiro atoms. The lowest BCUT2D eigenvalue weighted by atomic mass is 10.1. The van der Waals surface area contributed by atoms with Crippen LogP contribution in [-0.2, 0) is 6.61 Å². The molecule has 4 rings (SSSR count). The fourth-order valence-electron chi connectivity index (χ4n) is 3.70. The van der Waals surface area contributed by atoms with Gasteiger partial charge in [-0.15, -0.1) is 0 Å². The van der Waals surface area contributed by atoms with Crippen LogP contribution in [0.1, 0.15) is 27.9 Å². The predicted molar refractivity (Wildman–Crippen MR) is 120 cm³/mol. The number of benzene rings is 2. The van der Waals surface area contributed by atoms with Crippen LogP contribution >= 0.6 is 0 Å². The van der Waals surface area contributed by atoms with E-state index in [0.29, 0.717) is 11.5 Å². The monoisotopic (exact) mass is 437 g/mol. The number of carbonyl (C=O) groups is 1. The highest BCUT2D eigenvalue weighted by Crippen LogP contribution is 2.18. The molecule has 0 bridgehead atoms. The molecule has 168 valence electrons. The van der Waals surface area contributed by atoms with Crippen LogP contribution in [0.5, 0.6) is 5.75 Å². The summed E-state index contributed by atoms with van der Waals surface area (Å²) in [4.78, 5) is 17.6. The van der Waals surface area contributed by atoms with Gasteiger partial charge in [0.05, 0.1) is 6.04 Å². The average molecular weight is 438 g/mol. The van der Waals surface area contributed by atoms with E-state index in [1.807, 2.05) is 30.3 Å². The maximum Gasteiger partial charge on any atom is 0.287 e. The van der Waals surface area contributed by atoms with E-state index < -0.39 is 0 Å². The van der Waals surface area contributed by atoms with Crippen LogP contribution in [-0.4, -0.2) is 55.5 Å². The second-order valence-electron chi connectivity index (χ2n) is 8.05. The van der Waals surface area contributed by atoms with Crippen molar-refractivity contribution in [1.82, 2.24) is 15.1 Å². The molecule has 6 nitrogen and oxygen atoms in total. The van der Waals surface area contributed by atoms with Crippen molar-refractivity contribution < 1.29 is 18.3 Å². The van der Waals surface area contributed by atoms with Gasteiger partial charge in [0.2, 0.25) is 0 Å². The number of nitrogens with zero attached hydrogens (tertiary/aromatic N) is 2. The fraction of sp³-hybridized carbons (Fsp3) is 0.320. The minimum atomic E-state index is -0.321. The number of hydrogen-bond donors (Lipinski definition) is 1. The number of halogens is 1. The van der Waals surface area contributed by atoms with Gasteiger partial charge in [0.15, 0.2) is 5.76 Å². The number of carbonyl (C=O) groups excluding carboxylic acids is 1. The molecule has 1 aromatic heterocycles. The molecule has 1 N–H and O–H groups in total. The van der Waals surface area contributed by atoms with E-state index in [0.717, 1.165) is 38.3 Å². The summed E-state index contributed by atoms with van der Waals surface area (Å²) in [5.74, 6) is 0.710. The molecule has 0 aliphatic carbocycles. The van der Waals surface area contributed by atoms with Crippen LogP contribution < -0.4 is 10.1 Å². The van der Waals surface area contributed by atoms with Crippen LogP contribution in [0, 0.1) is 5.82 Å². The van der Waals surface area contributed by atoms with Crippen molar-refractivity contribution in [3.8, 4) is 5.75 Å². The van der Waals surface area contributed by atoms with E-state index in [4.69, 9.17) is 9.15 Å². The SMILES string of the molecule is CN1CCN(CC(NC(=O)c2ccc(COc3ccc(F)cc3)o2)c2ccccc2)CC1. The largest absolute Gasteiger partial charge is 0.486 e. The van der Waals surface area contributed by atoms with Crippen molar-refractivity contribution in [3.05, 3.63) is 89.6 Å². The molecule has 1 unspecified atom stereocenters. The van der Waals surface area contributed by atoms with E-state index in [1.54, 1.807) is 24.3 Å². The molecule has 1 fully saturated rings. The van der Waals surface area contributed by atoms with E-state index in [9.17, 15) is 9.18 Å². The summed E-state index contributed by atoms with van der Waals surface area (Å²) in [5.41, 5.74) is 1.06. The zero-order valence-electron chi connectivity index (χ0n) is 18.2. The Morgan fingerprint density at radius 2 is 1.75 bits per heavy atom. The highest BCUT2D eigenvalue weighted by molar-refractivity contribution is 5.91. The summed E-state index contributed by atoms with van der Waals surface area (Å²) in [6.07, 6.45) is 0. The molecule has 1 aliphatic heterocycles. The summed E-state index contributed by atoms with van der Waals surface area (Å²) in [6.45, 7) is 4.88. The molecule has 32 heavy (non-hydrogen) atoms. The van der Waals surface area contributed by atoms with Gasteiger partial charge in [-0.2, -0.15) is 0 Å². The third kappa shape index (κ3) is 5.96. The third-order valence-corrected chi connectivity index (χ3v) is 5.62. The predicted octanol–water partition coefficient (Wildman–Crippen LogP) is 3.72. The van der Waals surface area contributed by atoms with Gasteiger partial charge in [0.25, 0.3) is 5.91 Å². The van der Waals surface area contributed by atoms with Crippen molar-refractivity contribution in [3.63, 3.8) is 0 Å². The van der Waals surface area contributed by atoms with Crippen molar-refractivity contribution in [2.75, 3.05) is 39.8 Å². The van der Waals surface area contributed by atoms with E-state index in [-0.39, 0.29) is 30.1 Å². The van der Waals surface area contributed by atoms with Crippen molar-refractivity contribution in [1.29, 1.82) is 0 Å². The zero-order valence-corrected chi connectivity index (χ0v) is 18.2. The number of ether oxygens (including phenoxy) is 1. The second kappa shape index (κ2) is 10.4. The fourth-order valence-corrected chi connectivity index (χ4v) is 3.70. The molecular formula is C25H28FN3O3. The van der Waals surface area contributed by atoms with Crippen LogP contribution in [0.15, 0.2) is 71.1 Å². The van der Waals surface area contributed by atoms with Crippen LogP contribution in [0.4, 0.5) is 4.39 Å². The van der Waals surface area contributed by atoms with E-state index in [2.05, 4.69) is 22.2 Å². The maximum atomic E-state index is 13.0.